The van der Waals surface area contributed by atoms with Gasteiger partial charge in [0.2, 0.25) is 0 Å². The third-order valence-corrected chi connectivity index (χ3v) is 22.5. The molecule has 0 bridgehead atoms. The molecule has 0 aliphatic rings. The van der Waals surface area contributed by atoms with Crippen molar-refractivity contribution >= 4 is 39.5 Å². The fraction of sp³-hybridized carbons (Fsp3) is 0.955. The predicted molar refractivity (Wildman–Crippen MR) is 441 cm³/mol. The van der Waals surface area contributed by atoms with E-state index >= 15 is 0 Å². The number of ether oxygens (including phenoxy) is 4. The summed E-state index contributed by atoms with van der Waals surface area (Å²) in [6.07, 6.45) is 69.3. The second kappa shape index (κ2) is 78.0. The number of esters is 4. The summed E-state index contributed by atoms with van der Waals surface area (Å²) in [5.41, 5.74) is 0. The maximum atomic E-state index is 13.2. The number of aliphatic hydroxyl groups excluding tert-OH is 1. The van der Waals surface area contributed by atoms with Gasteiger partial charge in [-0.25, -0.2) is 9.13 Å². The second-order valence-corrected chi connectivity index (χ2v) is 36.0. The Labute approximate surface area is 658 Å². The van der Waals surface area contributed by atoms with Crippen molar-refractivity contribution in [1.29, 1.82) is 0 Å². The maximum absolute atomic E-state index is 13.2. The van der Waals surface area contributed by atoms with Crippen LogP contribution in [0.5, 0.6) is 0 Å². The number of aliphatic hydroxyl groups is 1. The maximum Gasteiger partial charge on any atom is 0.472 e. The van der Waals surface area contributed by atoms with E-state index in [1.165, 1.54) is 276 Å². The van der Waals surface area contributed by atoms with Gasteiger partial charge in [-0.15, -0.1) is 0 Å². The first-order chi connectivity index (χ1) is 51.7. The Kier molecular flexibility index (Phi) is 76.6. The van der Waals surface area contributed by atoms with E-state index in [1.54, 1.807) is 0 Å². The third-order valence-electron chi connectivity index (χ3n) is 20.6. The minimum atomic E-state index is -4.97. The fourth-order valence-electron chi connectivity index (χ4n) is 13.7. The van der Waals surface area contributed by atoms with Crippen LogP contribution in [0.15, 0.2) is 0 Å². The van der Waals surface area contributed by atoms with E-state index in [2.05, 4.69) is 48.5 Å². The number of carbonyl (C=O) groups is 4. The van der Waals surface area contributed by atoms with Gasteiger partial charge >= 0.3 is 39.5 Å². The van der Waals surface area contributed by atoms with Crippen LogP contribution < -0.4 is 0 Å². The highest BCUT2D eigenvalue weighted by atomic mass is 31.2. The summed E-state index contributed by atoms with van der Waals surface area (Å²) in [5.74, 6) is 0.312. The lowest BCUT2D eigenvalue weighted by atomic mass is 10.0. The first-order valence-electron chi connectivity index (χ1n) is 45.3. The van der Waals surface area contributed by atoms with Crippen LogP contribution in [0.1, 0.15) is 466 Å². The number of hydrogen-bond donors (Lipinski definition) is 3. The van der Waals surface area contributed by atoms with Crippen molar-refractivity contribution in [3.8, 4) is 0 Å². The molecule has 0 aliphatic heterocycles. The number of phosphoric acid groups is 2. The van der Waals surface area contributed by atoms with E-state index < -0.39 is 97.5 Å². The van der Waals surface area contributed by atoms with Crippen LogP contribution in [0, 0.1) is 17.8 Å². The molecule has 5 atom stereocenters. The van der Waals surface area contributed by atoms with Gasteiger partial charge in [0.05, 0.1) is 26.4 Å². The normalized spacial score (nSPS) is 13.8. The van der Waals surface area contributed by atoms with Crippen LogP contribution >= 0.6 is 15.6 Å². The molecular weight excluding hydrogens is 1390 g/mol. The van der Waals surface area contributed by atoms with Gasteiger partial charge in [-0.05, 0) is 43.4 Å². The monoisotopic (exact) mass is 1560 g/mol. The van der Waals surface area contributed by atoms with Gasteiger partial charge in [-0.3, -0.25) is 37.3 Å². The van der Waals surface area contributed by atoms with Crippen LogP contribution in [0.4, 0.5) is 0 Å². The molecule has 0 spiro atoms. The average molecular weight is 1560 g/mol. The molecule has 3 N–H and O–H groups in total. The molecule has 0 aromatic heterocycles. The molecule has 0 aliphatic carbocycles. The number of rotatable bonds is 86. The molecule has 0 saturated carbocycles. The Morgan fingerprint density at radius 3 is 0.636 bits per heavy atom. The summed E-state index contributed by atoms with van der Waals surface area (Å²) in [4.78, 5) is 73.4. The quantitative estimate of drug-likeness (QED) is 0.0222. The minimum absolute atomic E-state index is 0.108. The van der Waals surface area contributed by atoms with E-state index in [4.69, 9.17) is 37.0 Å². The molecular formula is C88H172O17P2. The predicted octanol–water partition coefficient (Wildman–Crippen LogP) is 26.9. The lowest BCUT2D eigenvalue weighted by molar-refractivity contribution is -0.161. The summed E-state index contributed by atoms with van der Waals surface area (Å²) >= 11 is 0. The minimum Gasteiger partial charge on any atom is -0.462 e. The fourth-order valence-corrected chi connectivity index (χ4v) is 15.3. The molecule has 0 saturated heterocycles. The van der Waals surface area contributed by atoms with Gasteiger partial charge in [0.25, 0.3) is 0 Å². The van der Waals surface area contributed by atoms with Gasteiger partial charge in [0, 0.05) is 25.7 Å². The lowest BCUT2D eigenvalue weighted by Gasteiger charge is -2.21. The van der Waals surface area contributed by atoms with Crippen LogP contribution in [-0.4, -0.2) is 96.7 Å². The van der Waals surface area contributed by atoms with Crippen LogP contribution in [0.25, 0.3) is 0 Å². The van der Waals surface area contributed by atoms with Crippen molar-refractivity contribution in [3.05, 3.63) is 0 Å². The molecule has 0 aromatic rings. The Hall–Kier alpha value is -1.94. The summed E-state index contributed by atoms with van der Waals surface area (Å²) in [6, 6.07) is 0. The molecule has 0 radical (unpaired) electrons. The molecule has 2 unspecified atom stereocenters. The highest BCUT2D eigenvalue weighted by molar-refractivity contribution is 7.47. The molecule has 0 rings (SSSR count). The van der Waals surface area contributed by atoms with Crippen LogP contribution in [0.3, 0.4) is 0 Å². The lowest BCUT2D eigenvalue weighted by Crippen LogP contribution is -2.30. The highest BCUT2D eigenvalue weighted by Gasteiger charge is 2.31. The number of unbranched alkanes of at least 4 members (excludes halogenated alkanes) is 54. The Balaban J connectivity index is 5.27. The Bertz CT molecular complexity index is 2060. The van der Waals surface area contributed by atoms with Crippen molar-refractivity contribution in [2.45, 2.75) is 484 Å². The zero-order valence-electron chi connectivity index (χ0n) is 70.6. The van der Waals surface area contributed by atoms with E-state index in [9.17, 15) is 43.2 Å². The smallest absolute Gasteiger partial charge is 0.462 e. The van der Waals surface area contributed by atoms with Crippen molar-refractivity contribution < 1.29 is 80.2 Å². The Morgan fingerprint density at radius 1 is 0.252 bits per heavy atom. The highest BCUT2D eigenvalue weighted by Crippen LogP contribution is 2.45. The summed E-state index contributed by atoms with van der Waals surface area (Å²) in [6.45, 7) is 12.1. The summed E-state index contributed by atoms with van der Waals surface area (Å²) in [7, 11) is -9.93. The molecule has 19 heteroatoms. The largest absolute Gasteiger partial charge is 0.472 e. The van der Waals surface area contributed by atoms with Crippen LogP contribution in [0.2, 0.25) is 0 Å². The molecule has 0 fully saturated rings. The first kappa shape index (κ1) is 105. The zero-order chi connectivity index (χ0) is 78.6. The van der Waals surface area contributed by atoms with Crippen LogP contribution in [-0.2, 0) is 65.4 Å². The molecule has 0 amide bonds. The van der Waals surface area contributed by atoms with Gasteiger partial charge in [-0.2, -0.15) is 0 Å². The first-order valence-corrected chi connectivity index (χ1v) is 48.3. The molecule has 636 valence electrons. The van der Waals surface area contributed by atoms with Gasteiger partial charge in [-0.1, -0.05) is 414 Å². The second-order valence-electron chi connectivity index (χ2n) is 33.1. The average Bonchev–Trinajstić information content (AvgIpc) is 0.906. The number of carbonyl (C=O) groups excluding carboxylic acids is 4. The molecule has 0 aromatic carbocycles. The Morgan fingerprint density at radius 2 is 0.430 bits per heavy atom. The van der Waals surface area contributed by atoms with Crippen molar-refractivity contribution in [2.24, 2.45) is 17.8 Å². The van der Waals surface area contributed by atoms with E-state index in [0.29, 0.717) is 25.7 Å². The topological polar surface area (TPSA) is 237 Å². The van der Waals surface area contributed by atoms with Crippen molar-refractivity contribution in [3.63, 3.8) is 0 Å². The molecule has 107 heavy (non-hydrogen) atoms. The van der Waals surface area contributed by atoms with Crippen molar-refractivity contribution in [2.75, 3.05) is 39.6 Å². The van der Waals surface area contributed by atoms with Gasteiger partial charge in [0.15, 0.2) is 12.2 Å². The number of hydrogen-bond acceptors (Lipinski definition) is 15. The van der Waals surface area contributed by atoms with Gasteiger partial charge < -0.3 is 33.8 Å². The van der Waals surface area contributed by atoms with E-state index in [1.807, 2.05) is 0 Å². The summed E-state index contributed by atoms with van der Waals surface area (Å²) < 4.78 is 69.0. The van der Waals surface area contributed by atoms with Gasteiger partial charge in [0.1, 0.15) is 19.3 Å². The zero-order valence-corrected chi connectivity index (χ0v) is 72.4. The molecule has 17 nitrogen and oxygen atoms in total. The van der Waals surface area contributed by atoms with Crippen molar-refractivity contribution in [1.82, 2.24) is 0 Å². The third kappa shape index (κ3) is 81.9. The SMILES string of the molecule is CCCCCCCCCCCCCCCC(=O)OC[C@H](COP(=O)(O)OC[C@H](O)COP(=O)(O)OC[C@@H](COC(=O)CCCCCCCCCCCCCCCCCC(C)C)OC(=O)CCCCCCCCCCCCCCCCCCC(C)C)OC(=O)CCCCCCCCCCCCCCCCC(C)C. The number of phosphoric ester groups is 2. The van der Waals surface area contributed by atoms with E-state index in [0.717, 1.165) is 108 Å². The van der Waals surface area contributed by atoms with E-state index in [-0.39, 0.29) is 25.7 Å². The molecule has 0 heterocycles. The summed E-state index contributed by atoms with van der Waals surface area (Å²) in [5, 5.41) is 10.7. The standard InChI is InChI=1S/C88H172O17P2/c1-8-9-10-11-12-13-14-24-34-41-48-55-62-69-85(90)98-75-83(105-88(93)72-65-58-51-44-37-30-23-22-27-33-40-47-54-61-68-81(6)7)77-102-106(94,95)100-73-82(89)74-101-107(96,97)103-78-84(76-99-86(91)70-63-56-49-42-35-28-21-17-19-26-32-39-46-53-60-67-80(4)5)104-87(92)71-64-57-50-43-36-29-20-16-15-18-25-31-38-45-52-59-66-79(2)3/h79-84,89H,8-78H2,1-7H3,(H,94,95)(H,96,97)/t82-,83+,84+/m0/s1.